The van der Waals surface area contributed by atoms with Crippen molar-refractivity contribution in [3.05, 3.63) is 55.2 Å². The molecule has 35 heavy (non-hydrogen) atoms. The highest BCUT2D eigenvalue weighted by atomic mass is 16.5. The molecule has 2 saturated heterocycles. The van der Waals surface area contributed by atoms with E-state index in [-0.39, 0.29) is 18.6 Å². The van der Waals surface area contributed by atoms with E-state index in [0.717, 1.165) is 76.6 Å². The maximum Gasteiger partial charge on any atom is 0.260 e. The van der Waals surface area contributed by atoms with Gasteiger partial charge in [0.05, 0.1) is 6.33 Å². The molecule has 2 aliphatic rings. The molecule has 0 bridgehead atoms. The molecule has 0 radical (unpaired) electrons. The van der Waals surface area contributed by atoms with Crippen LogP contribution in [0.1, 0.15) is 25.7 Å². The van der Waals surface area contributed by atoms with Crippen molar-refractivity contribution < 1.29 is 9.53 Å². The third-order valence-corrected chi connectivity index (χ3v) is 6.77. The summed E-state index contributed by atoms with van der Waals surface area (Å²) in [4.78, 5) is 27.9. The number of hydrogen-bond donors (Lipinski definition) is 0. The van der Waals surface area contributed by atoms with E-state index in [1.165, 1.54) is 0 Å². The molecule has 2 aliphatic heterocycles. The van der Waals surface area contributed by atoms with Gasteiger partial charge in [0, 0.05) is 70.0 Å². The second-order valence-electron chi connectivity index (χ2n) is 9.01. The lowest BCUT2D eigenvalue weighted by molar-refractivity contribution is -0.137. The molecule has 0 aliphatic carbocycles. The molecule has 0 N–H and O–H groups in total. The van der Waals surface area contributed by atoms with Gasteiger partial charge in [-0.05, 0) is 43.9 Å². The van der Waals surface area contributed by atoms with Crippen LogP contribution in [0.25, 0.3) is 0 Å². The normalized spacial score (nSPS) is 18.5. The van der Waals surface area contributed by atoms with Crippen molar-refractivity contribution in [1.29, 1.82) is 0 Å². The van der Waals surface area contributed by atoms with Crippen molar-refractivity contribution in [3.63, 3.8) is 0 Å². The molecule has 2 fully saturated rings. The van der Waals surface area contributed by atoms with Gasteiger partial charge in [-0.3, -0.25) is 4.79 Å². The highest BCUT2D eigenvalue weighted by Gasteiger charge is 2.27. The van der Waals surface area contributed by atoms with Crippen molar-refractivity contribution in [1.82, 2.24) is 29.6 Å². The monoisotopic (exact) mass is 476 g/mol. The summed E-state index contributed by atoms with van der Waals surface area (Å²) in [5.74, 6) is 2.21. The van der Waals surface area contributed by atoms with Crippen LogP contribution < -0.4 is 14.5 Å². The Morgan fingerprint density at radius 2 is 1.80 bits per heavy atom. The number of pyridine rings is 1. The quantitative estimate of drug-likeness (QED) is 0.489. The fourth-order valence-electron chi connectivity index (χ4n) is 4.83. The van der Waals surface area contributed by atoms with Crippen LogP contribution in [0, 0.1) is 0 Å². The number of aryl methyl sites for hydroxylation is 1. The van der Waals surface area contributed by atoms with Crippen LogP contribution in [-0.2, 0) is 11.3 Å². The van der Waals surface area contributed by atoms with Crippen molar-refractivity contribution in [2.75, 3.05) is 49.1 Å². The van der Waals surface area contributed by atoms with Gasteiger partial charge in [-0.15, -0.1) is 10.2 Å². The molecule has 184 valence electrons. The first-order valence-corrected chi connectivity index (χ1v) is 12.4. The van der Waals surface area contributed by atoms with Gasteiger partial charge in [-0.1, -0.05) is 6.07 Å². The van der Waals surface area contributed by atoms with E-state index in [0.29, 0.717) is 5.88 Å². The molecule has 5 rings (SSSR count). The first-order valence-electron chi connectivity index (χ1n) is 12.4. The molecule has 3 aromatic rings. The molecule has 1 amide bonds. The van der Waals surface area contributed by atoms with Gasteiger partial charge in [0.25, 0.3) is 5.91 Å². The average Bonchev–Trinajstić information content (AvgIpc) is 3.45. The summed E-state index contributed by atoms with van der Waals surface area (Å²) in [6.07, 6.45) is 11.5. The molecule has 10 nitrogen and oxygen atoms in total. The largest absolute Gasteiger partial charge is 0.466 e. The Bertz CT molecular complexity index is 1050. The third kappa shape index (κ3) is 5.87. The summed E-state index contributed by atoms with van der Waals surface area (Å²) in [5, 5.41) is 8.56. The number of piperidine rings is 1. The average molecular weight is 477 g/mol. The molecule has 0 aromatic carbocycles. The van der Waals surface area contributed by atoms with Gasteiger partial charge in [-0.2, -0.15) is 0 Å². The standard InChI is InChI=1S/C25H32N8O2/c34-25(33-12-4-2-5-21(33)9-13-30-14-11-26-20-30)19-35-24-8-7-23(28-29-24)32-17-15-31(16-18-32)22-6-1-3-10-27-22/h1,3,6-8,10-11,14,20-21H,2,4-5,9,12-13,15-19H2. The number of piperazine rings is 1. The predicted molar refractivity (Wildman–Crippen MR) is 132 cm³/mol. The smallest absolute Gasteiger partial charge is 0.260 e. The summed E-state index contributed by atoms with van der Waals surface area (Å²) in [6.45, 7) is 5.08. The van der Waals surface area contributed by atoms with Gasteiger partial charge >= 0.3 is 0 Å². The third-order valence-electron chi connectivity index (χ3n) is 6.77. The maximum absolute atomic E-state index is 12.9. The summed E-state index contributed by atoms with van der Waals surface area (Å²) in [7, 11) is 0. The van der Waals surface area contributed by atoms with E-state index in [4.69, 9.17) is 4.74 Å². The van der Waals surface area contributed by atoms with Crippen molar-refractivity contribution in [3.8, 4) is 5.88 Å². The van der Waals surface area contributed by atoms with E-state index < -0.39 is 0 Å². The Morgan fingerprint density at radius 1 is 0.943 bits per heavy atom. The van der Waals surface area contributed by atoms with Gasteiger partial charge in [0.2, 0.25) is 5.88 Å². The van der Waals surface area contributed by atoms with Gasteiger partial charge in [-0.25, -0.2) is 9.97 Å². The second-order valence-corrected chi connectivity index (χ2v) is 9.01. The summed E-state index contributed by atoms with van der Waals surface area (Å²) >= 11 is 0. The number of nitrogens with zero attached hydrogens (tertiary/aromatic N) is 8. The highest BCUT2D eigenvalue weighted by Crippen LogP contribution is 2.21. The lowest BCUT2D eigenvalue weighted by Crippen LogP contribution is -2.47. The van der Waals surface area contributed by atoms with E-state index >= 15 is 0 Å². The molecule has 5 heterocycles. The number of anilines is 2. The number of carbonyl (C=O) groups excluding carboxylic acids is 1. The van der Waals surface area contributed by atoms with Crippen LogP contribution >= 0.6 is 0 Å². The van der Waals surface area contributed by atoms with Gasteiger partial charge in [0.15, 0.2) is 12.4 Å². The molecular formula is C25H32N8O2. The van der Waals surface area contributed by atoms with Crippen LogP contribution in [0.4, 0.5) is 11.6 Å². The number of hydrogen-bond acceptors (Lipinski definition) is 8. The second kappa shape index (κ2) is 11.2. The molecule has 10 heteroatoms. The predicted octanol–water partition coefficient (Wildman–Crippen LogP) is 2.24. The van der Waals surface area contributed by atoms with Crippen LogP contribution in [0.2, 0.25) is 0 Å². The number of rotatable bonds is 8. The zero-order valence-electron chi connectivity index (χ0n) is 19.9. The highest BCUT2D eigenvalue weighted by molar-refractivity contribution is 5.78. The SMILES string of the molecule is O=C(COc1ccc(N2CCN(c3ccccn3)CC2)nn1)N1CCCCC1CCn1ccnc1. The first kappa shape index (κ1) is 23.1. The minimum atomic E-state index is -0.0155. The van der Waals surface area contributed by atoms with Crippen LogP contribution in [0.15, 0.2) is 55.2 Å². The van der Waals surface area contributed by atoms with Crippen molar-refractivity contribution >= 4 is 17.5 Å². The zero-order valence-corrected chi connectivity index (χ0v) is 19.9. The Morgan fingerprint density at radius 3 is 2.51 bits per heavy atom. The van der Waals surface area contributed by atoms with E-state index in [1.807, 2.05) is 47.9 Å². The number of imidazole rings is 1. The Hall–Kier alpha value is -3.69. The molecule has 0 spiro atoms. The molecular weight excluding hydrogens is 444 g/mol. The lowest BCUT2D eigenvalue weighted by atomic mass is 9.99. The first-order chi connectivity index (χ1) is 17.3. The number of carbonyl (C=O) groups is 1. The molecule has 3 aromatic heterocycles. The summed E-state index contributed by atoms with van der Waals surface area (Å²) in [5.41, 5.74) is 0. The fraction of sp³-hybridized carbons (Fsp3) is 0.480. The number of aromatic nitrogens is 5. The molecule has 0 saturated carbocycles. The van der Waals surface area contributed by atoms with Crippen LogP contribution in [0.3, 0.4) is 0 Å². The minimum absolute atomic E-state index is 0.0110. The van der Waals surface area contributed by atoms with E-state index in [2.05, 4.69) is 34.5 Å². The number of ether oxygens (including phenoxy) is 1. The van der Waals surface area contributed by atoms with Crippen LogP contribution in [0.5, 0.6) is 5.88 Å². The lowest BCUT2D eigenvalue weighted by Gasteiger charge is -2.36. The van der Waals surface area contributed by atoms with Gasteiger partial charge < -0.3 is 24.0 Å². The molecule has 1 atom stereocenters. The minimum Gasteiger partial charge on any atom is -0.466 e. The summed E-state index contributed by atoms with van der Waals surface area (Å²) < 4.78 is 7.78. The van der Waals surface area contributed by atoms with Gasteiger partial charge in [0.1, 0.15) is 5.82 Å². The van der Waals surface area contributed by atoms with E-state index in [9.17, 15) is 4.79 Å². The van der Waals surface area contributed by atoms with Crippen molar-refractivity contribution in [2.45, 2.75) is 38.3 Å². The number of likely N-dealkylation sites (tertiary alicyclic amines) is 1. The maximum atomic E-state index is 12.9. The fourth-order valence-corrected chi connectivity index (χ4v) is 4.83. The van der Waals surface area contributed by atoms with Crippen molar-refractivity contribution in [2.24, 2.45) is 0 Å². The summed E-state index contributed by atoms with van der Waals surface area (Å²) in [6, 6.07) is 9.93. The Kier molecular flexibility index (Phi) is 7.35. The Labute approximate surface area is 205 Å². The zero-order chi connectivity index (χ0) is 23.9. The molecule has 1 unspecified atom stereocenters. The van der Waals surface area contributed by atoms with E-state index in [1.54, 1.807) is 12.3 Å². The Balaban J connectivity index is 1.10. The number of amides is 1. The van der Waals surface area contributed by atoms with Crippen LogP contribution in [-0.4, -0.2) is 80.9 Å². The topological polar surface area (TPSA) is 92.5 Å².